The van der Waals surface area contributed by atoms with Crippen molar-refractivity contribution in [3.05, 3.63) is 16.8 Å². The second-order valence-corrected chi connectivity index (χ2v) is 5.57. The zero-order chi connectivity index (χ0) is 13.8. The van der Waals surface area contributed by atoms with Gasteiger partial charge in [0, 0.05) is 18.6 Å². The molecule has 1 aromatic heterocycles. The molecule has 106 valence electrons. The molecule has 0 saturated carbocycles. The number of hydrogen-bond acceptors (Lipinski definition) is 5. The van der Waals surface area contributed by atoms with E-state index in [-0.39, 0.29) is 12.6 Å². The zero-order valence-corrected chi connectivity index (χ0v) is 12.2. The number of anilines is 1. The molecule has 0 spiro atoms. The number of halogens is 1. The van der Waals surface area contributed by atoms with Gasteiger partial charge in [-0.05, 0) is 44.9 Å². The van der Waals surface area contributed by atoms with Crippen molar-refractivity contribution < 1.29 is 5.11 Å². The van der Waals surface area contributed by atoms with E-state index in [1.54, 1.807) is 0 Å². The highest BCUT2D eigenvalue weighted by Gasteiger charge is 2.23. The van der Waals surface area contributed by atoms with E-state index in [1.807, 2.05) is 13.0 Å². The standard InChI is InChI=1S/C13H21ClN4O/c1-9-6-12(16-17-13(9)14)15-11-4-3-5-18(7-11)10(2)8-19/h6,10-11,19H,3-5,7-8H2,1-2H3,(H,15,16)/t10?,11-/m1/s1. The molecule has 1 aromatic rings. The molecule has 2 atom stereocenters. The van der Waals surface area contributed by atoms with Gasteiger partial charge in [0.15, 0.2) is 5.15 Å². The lowest BCUT2D eigenvalue weighted by molar-refractivity contribution is 0.110. The number of piperidine rings is 1. The quantitative estimate of drug-likeness (QED) is 0.881. The SMILES string of the molecule is Cc1cc(N[C@@H]2CCCN(C(C)CO)C2)nnc1Cl. The summed E-state index contributed by atoms with van der Waals surface area (Å²) in [6.07, 6.45) is 2.24. The number of nitrogens with zero attached hydrogens (tertiary/aromatic N) is 3. The highest BCUT2D eigenvalue weighted by atomic mass is 35.5. The molecule has 6 heteroatoms. The van der Waals surface area contributed by atoms with E-state index in [2.05, 4.69) is 27.3 Å². The Kier molecular flexibility index (Phi) is 4.96. The molecule has 0 bridgehead atoms. The molecule has 5 nitrogen and oxygen atoms in total. The van der Waals surface area contributed by atoms with Gasteiger partial charge in [-0.25, -0.2) is 0 Å². The van der Waals surface area contributed by atoms with Gasteiger partial charge in [-0.2, -0.15) is 0 Å². The average Bonchev–Trinajstić information content (AvgIpc) is 2.42. The first-order chi connectivity index (χ1) is 9.10. The Labute approximate surface area is 119 Å². The van der Waals surface area contributed by atoms with Crippen molar-refractivity contribution in [2.75, 3.05) is 25.0 Å². The lowest BCUT2D eigenvalue weighted by Gasteiger charge is -2.36. The molecule has 1 aliphatic rings. The first kappa shape index (κ1) is 14.5. The molecular weight excluding hydrogens is 264 g/mol. The molecule has 1 aliphatic heterocycles. The zero-order valence-electron chi connectivity index (χ0n) is 11.4. The minimum atomic E-state index is 0.201. The molecular formula is C13H21ClN4O. The summed E-state index contributed by atoms with van der Waals surface area (Å²) in [7, 11) is 0. The molecule has 1 unspecified atom stereocenters. The third kappa shape index (κ3) is 3.78. The maximum Gasteiger partial charge on any atom is 0.154 e. The average molecular weight is 285 g/mol. The molecule has 0 aromatic carbocycles. The van der Waals surface area contributed by atoms with Crippen molar-refractivity contribution >= 4 is 17.4 Å². The Morgan fingerprint density at radius 3 is 3.05 bits per heavy atom. The maximum absolute atomic E-state index is 9.23. The van der Waals surface area contributed by atoms with Crippen molar-refractivity contribution in [2.45, 2.75) is 38.8 Å². The van der Waals surface area contributed by atoms with Gasteiger partial charge in [0.2, 0.25) is 0 Å². The number of aryl methyl sites for hydroxylation is 1. The van der Waals surface area contributed by atoms with Crippen LogP contribution in [0.3, 0.4) is 0 Å². The van der Waals surface area contributed by atoms with Gasteiger partial charge in [0.1, 0.15) is 5.82 Å². The van der Waals surface area contributed by atoms with E-state index < -0.39 is 0 Å². The Balaban J connectivity index is 1.96. The van der Waals surface area contributed by atoms with Gasteiger partial charge >= 0.3 is 0 Å². The number of aliphatic hydroxyl groups is 1. The van der Waals surface area contributed by atoms with Gasteiger partial charge in [-0.3, -0.25) is 4.90 Å². The van der Waals surface area contributed by atoms with Crippen LogP contribution >= 0.6 is 11.6 Å². The highest BCUT2D eigenvalue weighted by Crippen LogP contribution is 2.18. The Morgan fingerprint density at radius 2 is 2.37 bits per heavy atom. The smallest absolute Gasteiger partial charge is 0.154 e. The summed E-state index contributed by atoms with van der Waals surface area (Å²) in [5.41, 5.74) is 0.926. The monoisotopic (exact) mass is 284 g/mol. The normalized spacial score (nSPS) is 22.2. The maximum atomic E-state index is 9.23. The summed E-state index contributed by atoms with van der Waals surface area (Å²) in [5, 5.41) is 21.1. The van der Waals surface area contributed by atoms with E-state index in [1.165, 1.54) is 0 Å². The Hall–Kier alpha value is -0.910. The van der Waals surface area contributed by atoms with Crippen LogP contribution in [0.1, 0.15) is 25.3 Å². The van der Waals surface area contributed by atoms with Crippen molar-refractivity contribution in [1.82, 2.24) is 15.1 Å². The first-order valence-electron chi connectivity index (χ1n) is 6.71. The second kappa shape index (κ2) is 6.50. The largest absolute Gasteiger partial charge is 0.395 e. The molecule has 19 heavy (non-hydrogen) atoms. The first-order valence-corrected chi connectivity index (χ1v) is 7.09. The predicted molar refractivity (Wildman–Crippen MR) is 76.5 cm³/mol. The molecule has 0 radical (unpaired) electrons. The molecule has 0 aliphatic carbocycles. The van der Waals surface area contributed by atoms with Crippen LogP contribution in [0.25, 0.3) is 0 Å². The summed E-state index contributed by atoms with van der Waals surface area (Å²) in [5.74, 6) is 0.769. The van der Waals surface area contributed by atoms with E-state index in [0.29, 0.717) is 11.2 Å². The van der Waals surface area contributed by atoms with Crippen LogP contribution in [0.15, 0.2) is 6.07 Å². The van der Waals surface area contributed by atoms with Gasteiger partial charge in [-0.1, -0.05) is 11.6 Å². The van der Waals surface area contributed by atoms with Crippen LogP contribution in [0.2, 0.25) is 5.15 Å². The van der Waals surface area contributed by atoms with Gasteiger partial charge in [0.05, 0.1) is 6.61 Å². The number of nitrogens with one attached hydrogen (secondary N) is 1. The van der Waals surface area contributed by atoms with E-state index in [9.17, 15) is 5.11 Å². The van der Waals surface area contributed by atoms with Crippen molar-refractivity contribution in [3.8, 4) is 0 Å². The van der Waals surface area contributed by atoms with Gasteiger partial charge in [-0.15, -0.1) is 10.2 Å². The molecule has 2 heterocycles. The van der Waals surface area contributed by atoms with Crippen LogP contribution in [-0.4, -0.2) is 52.0 Å². The minimum Gasteiger partial charge on any atom is -0.395 e. The molecule has 0 amide bonds. The van der Waals surface area contributed by atoms with Gasteiger partial charge < -0.3 is 10.4 Å². The van der Waals surface area contributed by atoms with E-state index in [0.717, 1.165) is 37.3 Å². The van der Waals surface area contributed by atoms with Crippen LogP contribution < -0.4 is 5.32 Å². The van der Waals surface area contributed by atoms with E-state index >= 15 is 0 Å². The Bertz CT molecular complexity index is 429. The lowest BCUT2D eigenvalue weighted by Crippen LogP contribution is -2.47. The van der Waals surface area contributed by atoms with Crippen LogP contribution in [0.4, 0.5) is 5.82 Å². The molecule has 1 fully saturated rings. The highest BCUT2D eigenvalue weighted by molar-refractivity contribution is 6.30. The van der Waals surface area contributed by atoms with E-state index in [4.69, 9.17) is 11.6 Å². The third-order valence-corrected chi connectivity index (χ3v) is 3.99. The Morgan fingerprint density at radius 1 is 1.58 bits per heavy atom. The summed E-state index contributed by atoms with van der Waals surface area (Å²) in [6.45, 7) is 6.14. The fraction of sp³-hybridized carbons (Fsp3) is 0.692. The predicted octanol–water partition coefficient (Wildman–Crippen LogP) is 1.70. The summed E-state index contributed by atoms with van der Waals surface area (Å²) in [4.78, 5) is 2.30. The fourth-order valence-electron chi connectivity index (χ4n) is 2.39. The van der Waals surface area contributed by atoms with Crippen molar-refractivity contribution in [3.63, 3.8) is 0 Å². The number of rotatable bonds is 4. The second-order valence-electron chi connectivity index (χ2n) is 5.21. The lowest BCUT2D eigenvalue weighted by atomic mass is 10.0. The summed E-state index contributed by atoms with van der Waals surface area (Å²) < 4.78 is 0. The third-order valence-electron chi connectivity index (χ3n) is 3.62. The summed E-state index contributed by atoms with van der Waals surface area (Å²) in [6, 6.07) is 2.48. The molecule has 2 rings (SSSR count). The van der Waals surface area contributed by atoms with Crippen LogP contribution in [0, 0.1) is 6.92 Å². The van der Waals surface area contributed by atoms with Crippen molar-refractivity contribution in [1.29, 1.82) is 0 Å². The van der Waals surface area contributed by atoms with Crippen molar-refractivity contribution in [2.24, 2.45) is 0 Å². The topological polar surface area (TPSA) is 61.3 Å². The van der Waals surface area contributed by atoms with Gasteiger partial charge in [0.25, 0.3) is 0 Å². The summed E-state index contributed by atoms with van der Waals surface area (Å²) >= 11 is 5.87. The number of aliphatic hydroxyl groups excluding tert-OH is 1. The minimum absolute atomic E-state index is 0.201. The van der Waals surface area contributed by atoms with Crippen LogP contribution in [-0.2, 0) is 0 Å². The number of aromatic nitrogens is 2. The molecule has 2 N–H and O–H groups in total. The number of hydrogen-bond donors (Lipinski definition) is 2. The molecule has 1 saturated heterocycles. The number of likely N-dealkylation sites (tertiary alicyclic amines) is 1. The van der Waals surface area contributed by atoms with Crippen LogP contribution in [0.5, 0.6) is 0 Å². The fourth-order valence-corrected chi connectivity index (χ4v) is 2.48.